The van der Waals surface area contributed by atoms with Gasteiger partial charge in [-0.1, -0.05) is 6.07 Å². The zero-order chi connectivity index (χ0) is 18.1. The highest BCUT2D eigenvalue weighted by Gasteiger charge is 2.21. The standard InChI is InChI=1S/C21H20FN3O/c1-25(2)16-6-3-5-15(12-16)24-21(20-7-4-10-26-20)18-13-23-19-9-8-14(22)11-17(18)19/h3-13,21,23-24H,1-2H3. The molecule has 0 amide bonds. The number of halogens is 1. The summed E-state index contributed by atoms with van der Waals surface area (Å²) >= 11 is 0. The zero-order valence-electron chi connectivity index (χ0n) is 14.7. The molecule has 2 aromatic heterocycles. The minimum atomic E-state index is -0.258. The predicted octanol–water partition coefficient (Wildman–Crippen LogP) is 5.17. The summed E-state index contributed by atoms with van der Waals surface area (Å²) in [6.45, 7) is 0. The van der Waals surface area contributed by atoms with Crippen LogP contribution in [0.1, 0.15) is 17.4 Å². The summed E-state index contributed by atoms with van der Waals surface area (Å²) in [5.74, 6) is 0.511. The molecule has 0 radical (unpaired) electrons. The Morgan fingerprint density at radius 1 is 1.08 bits per heavy atom. The van der Waals surface area contributed by atoms with Crippen LogP contribution in [0.25, 0.3) is 10.9 Å². The summed E-state index contributed by atoms with van der Waals surface area (Å²) < 4.78 is 19.5. The molecule has 26 heavy (non-hydrogen) atoms. The average molecular weight is 349 g/mol. The van der Waals surface area contributed by atoms with E-state index in [-0.39, 0.29) is 11.9 Å². The second kappa shape index (κ2) is 6.59. The summed E-state index contributed by atoms with van der Waals surface area (Å²) in [7, 11) is 4.01. The molecule has 0 bridgehead atoms. The maximum absolute atomic E-state index is 13.8. The molecule has 5 heteroatoms. The van der Waals surface area contributed by atoms with Gasteiger partial charge in [-0.05, 0) is 48.5 Å². The molecule has 2 aromatic carbocycles. The van der Waals surface area contributed by atoms with E-state index in [9.17, 15) is 4.39 Å². The van der Waals surface area contributed by atoms with Crippen molar-refractivity contribution in [3.8, 4) is 0 Å². The molecule has 1 atom stereocenters. The van der Waals surface area contributed by atoms with E-state index in [4.69, 9.17) is 4.42 Å². The largest absolute Gasteiger partial charge is 0.467 e. The van der Waals surface area contributed by atoms with Gasteiger partial charge < -0.3 is 19.6 Å². The minimum Gasteiger partial charge on any atom is -0.467 e. The molecule has 1 unspecified atom stereocenters. The van der Waals surface area contributed by atoms with E-state index < -0.39 is 0 Å². The Morgan fingerprint density at radius 2 is 1.96 bits per heavy atom. The van der Waals surface area contributed by atoms with Crippen LogP contribution in [0.5, 0.6) is 0 Å². The molecule has 0 aliphatic carbocycles. The molecule has 0 spiro atoms. The molecule has 4 rings (SSSR count). The maximum atomic E-state index is 13.8. The van der Waals surface area contributed by atoms with Crippen molar-refractivity contribution >= 4 is 22.3 Å². The van der Waals surface area contributed by atoms with Gasteiger partial charge in [0.1, 0.15) is 17.6 Å². The highest BCUT2D eigenvalue weighted by Crippen LogP contribution is 2.33. The predicted molar refractivity (Wildman–Crippen MR) is 103 cm³/mol. The van der Waals surface area contributed by atoms with Gasteiger partial charge in [0.05, 0.1) is 6.26 Å². The van der Waals surface area contributed by atoms with Gasteiger partial charge in [0.2, 0.25) is 0 Å². The van der Waals surface area contributed by atoms with Crippen LogP contribution in [-0.4, -0.2) is 19.1 Å². The van der Waals surface area contributed by atoms with Crippen molar-refractivity contribution in [1.82, 2.24) is 4.98 Å². The number of nitrogens with zero attached hydrogens (tertiary/aromatic N) is 1. The van der Waals surface area contributed by atoms with Gasteiger partial charge in [-0.25, -0.2) is 4.39 Å². The molecular weight excluding hydrogens is 329 g/mol. The van der Waals surface area contributed by atoms with Crippen molar-refractivity contribution in [3.63, 3.8) is 0 Å². The van der Waals surface area contributed by atoms with E-state index in [1.807, 2.05) is 55.5 Å². The number of aromatic nitrogens is 1. The molecule has 0 fully saturated rings. The third-order valence-corrected chi connectivity index (χ3v) is 4.49. The van der Waals surface area contributed by atoms with E-state index in [0.29, 0.717) is 0 Å². The summed E-state index contributed by atoms with van der Waals surface area (Å²) in [5.41, 5.74) is 3.88. The quantitative estimate of drug-likeness (QED) is 0.522. The molecule has 0 saturated carbocycles. The van der Waals surface area contributed by atoms with Crippen molar-refractivity contribution in [3.05, 3.63) is 84.2 Å². The topological polar surface area (TPSA) is 44.2 Å². The first kappa shape index (κ1) is 16.3. The molecule has 132 valence electrons. The number of furan rings is 1. The fourth-order valence-electron chi connectivity index (χ4n) is 3.15. The molecule has 2 N–H and O–H groups in total. The van der Waals surface area contributed by atoms with Crippen molar-refractivity contribution in [2.45, 2.75) is 6.04 Å². The number of fused-ring (bicyclic) bond motifs is 1. The van der Waals surface area contributed by atoms with Crippen LogP contribution < -0.4 is 10.2 Å². The van der Waals surface area contributed by atoms with E-state index in [1.165, 1.54) is 6.07 Å². The molecule has 0 aliphatic heterocycles. The lowest BCUT2D eigenvalue weighted by Crippen LogP contribution is -2.13. The normalized spacial score (nSPS) is 12.3. The van der Waals surface area contributed by atoms with Crippen LogP contribution in [0, 0.1) is 5.82 Å². The number of anilines is 2. The van der Waals surface area contributed by atoms with Crippen molar-refractivity contribution in [2.75, 3.05) is 24.3 Å². The highest BCUT2D eigenvalue weighted by atomic mass is 19.1. The van der Waals surface area contributed by atoms with E-state index in [0.717, 1.165) is 33.6 Å². The molecule has 2 heterocycles. The van der Waals surface area contributed by atoms with Gasteiger partial charge in [0.25, 0.3) is 0 Å². The third-order valence-electron chi connectivity index (χ3n) is 4.49. The lowest BCUT2D eigenvalue weighted by Gasteiger charge is -2.20. The Morgan fingerprint density at radius 3 is 2.73 bits per heavy atom. The molecule has 0 aliphatic rings. The zero-order valence-corrected chi connectivity index (χ0v) is 14.7. The van der Waals surface area contributed by atoms with Gasteiger partial charge in [0.15, 0.2) is 0 Å². The van der Waals surface area contributed by atoms with E-state index in [2.05, 4.69) is 16.4 Å². The van der Waals surface area contributed by atoms with Gasteiger partial charge in [-0.2, -0.15) is 0 Å². The first-order valence-electron chi connectivity index (χ1n) is 8.45. The van der Waals surface area contributed by atoms with Crippen molar-refractivity contribution < 1.29 is 8.81 Å². The summed E-state index contributed by atoms with van der Waals surface area (Å²) in [5, 5.41) is 4.36. The number of H-pyrrole nitrogens is 1. The highest BCUT2D eigenvalue weighted by molar-refractivity contribution is 5.84. The van der Waals surface area contributed by atoms with Crippen LogP contribution in [-0.2, 0) is 0 Å². The lowest BCUT2D eigenvalue weighted by molar-refractivity contribution is 0.499. The first-order valence-corrected chi connectivity index (χ1v) is 8.45. The maximum Gasteiger partial charge on any atom is 0.130 e. The van der Waals surface area contributed by atoms with Crippen molar-refractivity contribution in [1.29, 1.82) is 0 Å². The summed E-state index contributed by atoms with van der Waals surface area (Å²) in [4.78, 5) is 5.27. The molecule has 0 saturated heterocycles. The van der Waals surface area contributed by atoms with Crippen molar-refractivity contribution in [2.24, 2.45) is 0 Å². The number of hydrogen-bond donors (Lipinski definition) is 2. The summed E-state index contributed by atoms with van der Waals surface area (Å²) in [6, 6.07) is 16.4. The van der Waals surface area contributed by atoms with Crippen LogP contribution >= 0.6 is 0 Å². The smallest absolute Gasteiger partial charge is 0.130 e. The lowest BCUT2D eigenvalue weighted by atomic mass is 10.0. The first-order chi connectivity index (χ1) is 12.6. The van der Waals surface area contributed by atoms with Gasteiger partial charge in [-0.15, -0.1) is 0 Å². The fourth-order valence-corrected chi connectivity index (χ4v) is 3.15. The van der Waals surface area contributed by atoms with Gasteiger partial charge in [-0.3, -0.25) is 0 Å². The number of benzene rings is 2. The average Bonchev–Trinajstić information content (AvgIpc) is 3.30. The molecular formula is C21H20FN3O. The van der Waals surface area contributed by atoms with Crippen LogP contribution in [0.2, 0.25) is 0 Å². The second-order valence-corrected chi connectivity index (χ2v) is 6.47. The number of hydrogen-bond acceptors (Lipinski definition) is 3. The third kappa shape index (κ3) is 3.04. The van der Waals surface area contributed by atoms with E-state index >= 15 is 0 Å². The Hall–Kier alpha value is -3.21. The number of rotatable bonds is 5. The monoisotopic (exact) mass is 349 g/mol. The fraction of sp³-hybridized carbons (Fsp3) is 0.143. The number of nitrogens with one attached hydrogen (secondary N) is 2. The van der Waals surface area contributed by atoms with Gasteiger partial charge >= 0.3 is 0 Å². The summed E-state index contributed by atoms with van der Waals surface area (Å²) in [6.07, 6.45) is 3.55. The number of aromatic amines is 1. The molecule has 4 nitrogen and oxygen atoms in total. The van der Waals surface area contributed by atoms with Gasteiger partial charge in [0, 0.05) is 48.1 Å². The van der Waals surface area contributed by atoms with E-state index in [1.54, 1.807) is 18.4 Å². The minimum absolute atomic E-state index is 0.238. The van der Waals surface area contributed by atoms with Crippen LogP contribution in [0.3, 0.4) is 0 Å². The Bertz CT molecular complexity index is 1020. The Labute approximate surface area is 151 Å². The second-order valence-electron chi connectivity index (χ2n) is 6.47. The molecule has 4 aromatic rings. The Kier molecular flexibility index (Phi) is 4.13. The van der Waals surface area contributed by atoms with Crippen LogP contribution in [0.15, 0.2) is 71.5 Å². The SMILES string of the molecule is CN(C)c1cccc(NC(c2ccco2)c2c[nH]c3ccc(F)cc23)c1. The Balaban J connectivity index is 1.78. The van der Waals surface area contributed by atoms with Crippen LogP contribution in [0.4, 0.5) is 15.8 Å².